The zero-order valence-corrected chi connectivity index (χ0v) is 12.3. The van der Waals surface area contributed by atoms with E-state index in [1.807, 2.05) is 45.9 Å². The van der Waals surface area contributed by atoms with Gasteiger partial charge in [0, 0.05) is 30.2 Å². The number of pyridine rings is 1. The molecule has 0 fully saturated rings. The minimum atomic E-state index is 0.134. The van der Waals surface area contributed by atoms with Crippen LogP contribution < -0.4 is 10.1 Å². The Labute approximate surface area is 119 Å². The zero-order valence-electron chi connectivity index (χ0n) is 12.3. The van der Waals surface area contributed by atoms with Gasteiger partial charge >= 0.3 is 0 Å². The number of anilines is 1. The van der Waals surface area contributed by atoms with Crippen LogP contribution in [0.3, 0.4) is 0 Å². The number of ether oxygens (including phenoxy) is 1. The van der Waals surface area contributed by atoms with Gasteiger partial charge in [0.2, 0.25) is 11.8 Å². The normalized spacial score (nSPS) is 10.7. The molecule has 2 aromatic rings. The van der Waals surface area contributed by atoms with Crippen molar-refractivity contribution in [1.29, 1.82) is 0 Å². The summed E-state index contributed by atoms with van der Waals surface area (Å²) in [6.45, 7) is 8.51. The number of nitrogens with zero attached hydrogens (tertiary/aromatic N) is 3. The highest BCUT2D eigenvalue weighted by molar-refractivity contribution is 5.30. The summed E-state index contributed by atoms with van der Waals surface area (Å²) in [6.07, 6.45) is 1.93. The van der Waals surface area contributed by atoms with E-state index in [9.17, 15) is 0 Å². The molecular formula is C15H20N4O. The topological polar surface area (TPSA) is 59.9 Å². The van der Waals surface area contributed by atoms with Crippen LogP contribution in [0.15, 0.2) is 24.4 Å². The summed E-state index contributed by atoms with van der Waals surface area (Å²) in [5.41, 5.74) is 2.97. The van der Waals surface area contributed by atoms with Gasteiger partial charge in [0.25, 0.3) is 0 Å². The van der Waals surface area contributed by atoms with E-state index in [-0.39, 0.29) is 6.10 Å². The number of aromatic nitrogens is 3. The van der Waals surface area contributed by atoms with Crippen molar-refractivity contribution in [1.82, 2.24) is 15.0 Å². The molecule has 0 spiro atoms. The van der Waals surface area contributed by atoms with Crippen LogP contribution >= 0.6 is 0 Å². The molecule has 2 heterocycles. The van der Waals surface area contributed by atoms with Gasteiger partial charge in [-0.15, -0.1) is 0 Å². The van der Waals surface area contributed by atoms with E-state index >= 15 is 0 Å². The van der Waals surface area contributed by atoms with Gasteiger partial charge in [-0.1, -0.05) is 6.07 Å². The Kier molecular flexibility index (Phi) is 4.50. The molecule has 106 valence electrons. The highest BCUT2D eigenvalue weighted by Crippen LogP contribution is 2.11. The molecule has 0 bridgehead atoms. The van der Waals surface area contributed by atoms with E-state index in [2.05, 4.69) is 20.3 Å². The molecule has 0 saturated carbocycles. The number of nitrogens with one attached hydrogen (secondary N) is 1. The van der Waals surface area contributed by atoms with Crippen LogP contribution in [0.5, 0.6) is 5.88 Å². The molecule has 2 aromatic heterocycles. The minimum absolute atomic E-state index is 0.134. The monoisotopic (exact) mass is 272 g/mol. The fourth-order valence-corrected chi connectivity index (χ4v) is 1.81. The predicted octanol–water partition coefficient (Wildman–Crippen LogP) is 2.89. The van der Waals surface area contributed by atoms with Crippen molar-refractivity contribution in [3.05, 3.63) is 41.3 Å². The highest BCUT2D eigenvalue weighted by atomic mass is 16.5. The third-order valence-electron chi connectivity index (χ3n) is 2.59. The first-order valence-corrected chi connectivity index (χ1v) is 6.70. The second kappa shape index (κ2) is 6.32. The van der Waals surface area contributed by atoms with Gasteiger partial charge in [-0.05, 0) is 39.3 Å². The second-order valence-corrected chi connectivity index (χ2v) is 5.00. The lowest BCUT2D eigenvalue weighted by Gasteiger charge is -2.09. The van der Waals surface area contributed by atoms with Gasteiger partial charge in [-0.25, -0.2) is 15.0 Å². The molecule has 5 nitrogen and oxygen atoms in total. The third kappa shape index (κ3) is 4.19. The lowest BCUT2D eigenvalue weighted by molar-refractivity contribution is 0.232. The Hall–Kier alpha value is -2.17. The molecule has 20 heavy (non-hydrogen) atoms. The lowest BCUT2D eigenvalue weighted by atomic mass is 10.3. The van der Waals surface area contributed by atoms with E-state index in [4.69, 9.17) is 4.74 Å². The maximum Gasteiger partial charge on any atom is 0.223 e. The summed E-state index contributed by atoms with van der Waals surface area (Å²) < 4.78 is 5.51. The smallest absolute Gasteiger partial charge is 0.223 e. The van der Waals surface area contributed by atoms with E-state index in [0.717, 1.165) is 17.0 Å². The average molecular weight is 272 g/mol. The average Bonchev–Trinajstić information content (AvgIpc) is 2.36. The molecule has 5 heteroatoms. The molecular weight excluding hydrogens is 252 g/mol. The number of hydrogen-bond acceptors (Lipinski definition) is 5. The van der Waals surface area contributed by atoms with E-state index < -0.39 is 0 Å². The molecule has 2 rings (SSSR count). The van der Waals surface area contributed by atoms with Crippen LogP contribution in [0.2, 0.25) is 0 Å². The van der Waals surface area contributed by atoms with Gasteiger partial charge in [-0.2, -0.15) is 0 Å². The summed E-state index contributed by atoms with van der Waals surface area (Å²) in [5, 5.41) is 3.20. The second-order valence-electron chi connectivity index (χ2n) is 5.00. The molecule has 0 aromatic carbocycles. The standard InChI is InChI=1S/C15H20N4O/c1-10(2)20-14-6-5-13(8-16-14)9-17-15-18-11(3)7-12(4)19-15/h5-8,10H,9H2,1-4H3,(H,17,18,19). The van der Waals surface area contributed by atoms with Crippen LogP contribution in [-0.2, 0) is 6.54 Å². The van der Waals surface area contributed by atoms with Crippen molar-refractivity contribution < 1.29 is 4.74 Å². The van der Waals surface area contributed by atoms with Crippen molar-refractivity contribution in [2.45, 2.75) is 40.3 Å². The van der Waals surface area contributed by atoms with Crippen molar-refractivity contribution in [2.24, 2.45) is 0 Å². The molecule has 0 atom stereocenters. The Morgan fingerprint density at radius 3 is 2.40 bits per heavy atom. The van der Waals surface area contributed by atoms with Gasteiger partial charge < -0.3 is 10.1 Å². The van der Waals surface area contributed by atoms with Crippen molar-refractivity contribution in [3.63, 3.8) is 0 Å². The quantitative estimate of drug-likeness (QED) is 0.907. The summed E-state index contributed by atoms with van der Waals surface area (Å²) >= 11 is 0. The first-order valence-electron chi connectivity index (χ1n) is 6.70. The third-order valence-corrected chi connectivity index (χ3v) is 2.59. The first-order chi connectivity index (χ1) is 9.52. The first kappa shape index (κ1) is 14.2. The predicted molar refractivity (Wildman–Crippen MR) is 78.8 cm³/mol. The molecule has 0 aliphatic heterocycles. The van der Waals surface area contributed by atoms with Crippen molar-refractivity contribution in [2.75, 3.05) is 5.32 Å². The summed E-state index contributed by atoms with van der Waals surface area (Å²) in [4.78, 5) is 12.9. The molecule has 0 amide bonds. The summed E-state index contributed by atoms with van der Waals surface area (Å²) in [5.74, 6) is 1.29. The van der Waals surface area contributed by atoms with Crippen molar-refractivity contribution >= 4 is 5.95 Å². The number of hydrogen-bond donors (Lipinski definition) is 1. The SMILES string of the molecule is Cc1cc(C)nc(NCc2ccc(OC(C)C)nc2)n1. The Bertz CT molecular complexity index is 546. The molecule has 1 N–H and O–H groups in total. The largest absolute Gasteiger partial charge is 0.475 e. The fourth-order valence-electron chi connectivity index (χ4n) is 1.81. The number of rotatable bonds is 5. The molecule has 0 aliphatic carbocycles. The molecule has 0 unspecified atom stereocenters. The zero-order chi connectivity index (χ0) is 14.5. The maximum atomic E-state index is 5.51. The molecule has 0 saturated heterocycles. The van der Waals surface area contributed by atoms with Crippen LogP contribution in [0, 0.1) is 13.8 Å². The van der Waals surface area contributed by atoms with Crippen LogP contribution in [-0.4, -0.2) is 21.1 Å². The Morgan fingerprint density at radius 2 is 1.85 bits per heavy atom. The van der Waals surface area contributed by atoms with Gasteiger partial charge in [0.1, 0.15) is 0 Å². The van der Waals surface area contributed by atoms with E-state index in [1.54, 1.807) is 6.20 Å². The maximum absolute atomic E-state index is 5.51. The summed E-state index contributed by atoms with van der Waals surface area (Å²) in [6, 6.07) is 5.81. The minimum Gasteiger partial charge on any atom is -0.475 e. The van der Waals surface area contributed by atoms with Gasteiger partial charge in [-0.3, -0.25) is 0 Å². The summed E-state index contributed by atoms with van der Waals surface area (Å²) in [7, 11) is 0. The highest BCUT2D eigenvalue weighted by Gasteiger charge is 2.02. The van der Waals surface area contributed by atoms with Crippen LogP contribution in [0.4, 0.5) is 5.95 Å². The fraction of sp³-hybridized carbons (Fsp3) is 0.400. The van der Waals surface area contributed by atoms with E-state index in [0.29, 0.717) is 18.4 Å². The molecule has 0 aliphatic rings. The number of aryl methyl sites for hydroxylation is 2. The van der Waals surface area contributed by atoms with Crippen LogP contribution in [0.25, 0.3) is 0 Å². The Balaban J connectivity index is 1.96. The van der Waals surface area contributed by atoms with Crippen molar-refractivity contribution in [3.8, 4) is 5.88 Å². The lowest BCUT2D eigenvalue weighted by Crippen LogP contribution is -2.08. The van der Waals surface area contributed by atoms with Gasteiger partial charge in [0.05, 0.1) is 6.10 Å². The van der Waals surface area contributed by atoms with E-state index in [1.165, 1.54) is 0 Å². The van der Waals surface area contributed by atoms with Crippen LogP contribution in [0.1, 0.15) is 30.8 Å². The van der Waals surface area contributed by atoms with Gasteiger partial charge in [0.15, 0.2) is 0 Å². The molecule has 0 radical (unpaired) electrons. The Morgan fingerprint density at radius 1 is 1.15 bits per heavy atom.